The van der Waals surface area contributed by atoms with Gasteiger partial charge in [-0.2, -0.15) is 0 Å². The molecular formula is C9H17O4Si. The molecule has 0 heterocycles. The highest BCUT2D eigenvalue weighted by Crippen LogP contribution is 2.01. The van der Waals surface area contributed by atoms with Gasteiger partial charge in [0.15, 0.2) is 0 Å². The van der Waals surface area contributed by atoms with Crippen molar-refractivity contribution in [2.45, 2.75) is 19.4 Å². The molecule has 0 aromatic carbocycles. The second kappa shape index (κ2) is 7.72. The second-order valence-corrected chi connectivity index (χ2v) is 4.86. The van der Waals surface area contributed by atoms with Crippen LogP contribution >= 0.6 is 0 Å². The van der Waals surface area contributed by atoms with Crippen LogP contribution in [-0.4, -0.2) is 36.1 Å². The molecule has 0 rings (SSSR count). The van der Waals surface area contributed by atoms with Crippen molar-refractivity contribution in [3.05, 3.63) is 12.2 Å². The molecule has 0 bridgehead atoms. The third-order valence-electron chi connectivity index (χ3n) is 1.56. The minimum atomic E-state index is -1.15. The zero-order valence-corrected chi connectivity index (χ0v) is 9.96. The predicted molar refractivity (Wildman–Crippen MR) is 55.0 cm³/mol. The van der Waals surface area contributed by atoms with Crippen molar-refractivity contribution in [2.24, 2.45) is 0 Å². The fraction of sp³-hybridized carbons (Fsp3) is 0.667. The molecule has 5 heteroatoms. The largest absolute Gasteiger partial charge is 0.462 e. The average molecular weight is 217 g/mol. The molecule has 0 N–H and O–H groups in total. The minimum Gasteiger partial charge on any atom is -0.462 e. The molecule has 81 valence electrons. The summed E-state index contributed by atoms with van der Waals surface area (Å²) in [4.78, 5) is 11.0. The Hall–Kier alpha value is -0.653. The van der Waals surface area contributed by atoms with Crippen LogP contribution < -0.4 is 0 Å². The highest BCUT2D eigenvalue weighted by atomic mass is 28.3. The topological polar surface area (TPSA) is 44.8 Å². The van der Waals surface area contributed by atoms with Gasteiger partial charge >= 0.3 is 15.3 Å². The smallest absolute Gasteiger partial charge is 0.384 e. The number of hydrogen-bond donors (Lipinski definition) is 0. The lowest BCUT2D eigenvalue weighted by Crippen LogP contribution is -2.19. The van der Waals surface area contributed by atoms with Crippen LogP contribution in [0.25, 0.3) is 0 Å². The Balaban J connectivity index is 3.46. The Bertz CT molecular complexity index is 189. The molecule has 4 nitrogen and oxygen atoms in total. The van der Waals surface area contributed by atoms with Crippen molar-refractivity contribution in [1.29, 1.82) is 0 Å². The molecule has 0 amide bonds. The van der Waals surface area contributed by atoms with E-state index in [0.29, 0.717) is 12.2 Å². The Kier molecular flexibility index (Phi) is 7.36. The van der Waals surface area contributed by atoms with Crippen LogP contribution in [0.2, 0.25) is 6.04 Å². The van der Waals surface area contributed by atoms with Gasteiger partial charge in [-0.15, -0.1) is 0 Å². The summed E-state index contributed by atoms with van der Waals surface area (Å²) >= 11 is 0. The van der Waals surface area contributed by atoms with Gasteiger partial charge < -0.3 is 13.6 Å². The molecule has 0 unspecified atom stereocenters. The van der Waals surface area contributed by atoms with Crippen LogP contribution in [0, 0.1) is 0 Å². The number of carbonyl (C=O) groups excluding carboxylic acids is 1. The maximum Gasteiger partial charge on any atom is 0.384 e. The molecule has 0 aliphatic rings. The summed E-state index contributed by atoms with van der Waals surface area (Å²) in [5.41, 5.74) is 0.425. The van der Waals surface area contributed by atoms with Crippen molar-refractivity contribution >= 4 is 15.3 Å². The molecule has 0 saturated carbocycles. The van der Waals surface area contributed by atoms with Crippen molar-refractivity contribution in [2.75, 3.05) is 20.8 Å². The summed E-state index contributed by atoms with van der Waals surface area (Å²) in [5, 5.41) is 0. The van der Waals surface area contributed by atoms with Gasteiger partial charge in [0.25, 0.3) is 0 Å². The van der Waals surface area contributed by atoms with E-state index < -0.39 is 9.28 Å². The molecule has 0 atom stereocenters. The standard InChI is InChI=1S/C9H17O4Si/c1-8(2)9(10)13-6-5-7-14(11-3)12-4/h1,5-7H2,2-4H3. The molecule has 0 aliphatic heterocycles. The average Bonchev–Trinajstić information content (AvgIpc) is 2.17. The highest BCUT2D eigenvalue weighted by Gasteiger charge is 2.11. The highest BCUT2D eigenvalue weighted by molar-refractivity contribution is 6.44. The van der Waals surface area contributed by atoms with Gasteiger partial charge in [0, 0.05) is 19.8 Å². The molecule has 0 aliphatic carbocycles. The van der Waals surface area contributed by atoms with Gasteiger partial charge in [0.05, 0.1) is 6.61 Å². The van der Waals surface area contributed by atoms with E-state index in [9.17, 15) is 4.79 Å². The van der Waals surface area contributed by atoms with E-state index >= 15 is 0 Å². The fourth-order valence-corrected chi connectivity index (χ4v) is 1.80. The van der Waals surface area contributed by atoms with Crippen LogP contribution in [0.3, 0.4) is 0 Å². The molecule has 0 fully saturated rings. The molecule has 0 spiro atoms. The number of rotatable bonds is 7. The monoisotopic (exact) mass is 217 g/mol. The van der Waals surface area contributed by atoms with E-state index in [-0.39, 0.29) is 5.97 Å². The number of carbonyl (C=O) groups is 1. The van der Waals surface area contributed by atoms with Gasteiger partial charge in [-0.25, -0.2) is 4.79 Å². The number of ether oxygens (including phenoxy) is 1. The van der Waals surface area contributed by atoms with Crippen molar-refractivity contribution < 1.29 is 18.4 Å². The molecule has 0 aromatic heterocycles. The Labute approximate surface area is 86.7 Å². The van der Waals surface area contributed by atoms with Gasteiger partial charge in [-0.1, -0.05) is 6.58 Å². The van der Waals surface area contributed by atoms with Gasteiger partial charge in [-0.05, 0) is 19.4 Å². The van der Waals surface area contributed by atoms with E-state index in [0.717, 1.165) is 12.5 Å². The third-order valence-corrected chi connectivity index (χ3v) is 3.23. The lowest BCUT2D eigenvalue weighted by atomic mass is 10.4. The van der Waals surface area contributed by atoms with Crippen molar-refractivity contribution in [3.63, 3.8) is 0 Å². The lowest BCUT2D eigenvalue weighted by Gasteiger charge is -2.08. The third kappa shape index (κ3) is 5.90. The van der Waals surface area contributed by atoms with Crippen LogP contribution in [0.15, 0.2) is 12.2 Å². The normalized spacial score (nSPS) is 10.3. The van der Waals surface area contributed by atoms with E-state index in [2.05, 4.69) is 6.58 Å². The summed E-state index contributed by atoms with van der Waals surface area (Å²) < 4.78 is 15.1. The summed E-state index contributed by atoms with van der Waals surface area (Å²) in [6.45, 7) is 5.51. The van der Waals surface area contributed by atoms with Crippen LogP contribution in [0.4, 0.5) is 0 Å². The molecular weight excluding hydrogens is 200 g/mol. The van der Waals surface area contributed by atoms with E-state index in [4.69, 9.17) is 13.6 Å². The minimum absolute atomic E-state index is 0.339. The van der Waals surface area contributed by atoms with Gasteiger partial charge in [-0.3, -0.25) is 0 Å². The van der Waals surface area contributed by atoms with Gasteiger partial charge in [0.2, 0.25) is 0 Å². The second-order valence-electron chi connectivity index (χ2n) is 2.80. The molecule has 14 heavy (non-hydrogen) atoms. The Morgan fingerprint density at radius 3 is 2.36 bits per heavy atom. The first-order chi connectivity index (χ1) is 6.61. The quantitative estimate of drug-likeness (QED) is 0.279. The molecule has 1 radical (unpaired) electrons. The summed E-state index contributed by atoms with van der Waals surface area (Å²) in [6.07, 6.45) is 0.759. The van der Waals surface area contributed by atoms with Gasteiger partial charge in [0.1, 0.15) is 0 Å². The zero-order valence-electron chi connectivity index (χ0n) is 8.96. The zero-order chi connectivity index (χ0) is 11.0. The Morgan fingerprint density at radius 1 is 1.36 bits per heavy atom. The van der Waals surface area contributed by atoms with E-state index in [1.807, 2.05) is 0 Å². The first-order valence-corrected chi connectivity index (χ1v) is 5.90. The van der Waals surface area contributed by atoms with E-state index in [1.165, 1.54) is 0 Å². The van der Waals surface area contributed by atoms with Crippen molar-refractivity contribution in [1.82, 2.24) is 0 Å². The number of esters is 1. The molecule has 0 aromatic rings. The van der Waals surface area contributed by atoms with Crippen LogP contribution in [0.1, 0.15) is 13.3 Å². The first kappa shape index (κ1) is 13.3. The summed E-state index contributed by atoms with van der Waals surface area (Å²) in [6, 6.07) is 0.807. The summed E-state index contributed by atoms with van der Waals surface area (Å²) in [5.74, 6) is -0.339. The Morgan fingerprint density at radius 2 is 1.93 bits per heavy atom. The van der Waals surface area contributed by atoms with E-state index in [1.54, 1.807) is 21.1 Å². The maximum atomic E-state index is 11.0. The van der Waals surface area contributed by atoms with Crippen LogP contribution in [0.5, 0.6) is 0 Å². The lowest BCUT2D eigenvalue weighted by molar-refractivity contribution is -0.138. The maximum absolute atomic E-state index is 11.0. The molecule has 0 saturated heterocycles. The predicted octanol–water partition coefficient (Wildman–Crippen LogP) is 1.28. The number of hydrogen-bond acceptors (Lipinski definition) is 4. The van der Waals surface area contributed by atoms with Crippen LogP contribution in [-0.2, 0) is 18.4 Å². The summed E-state index contributed by atoms with van der Waals surface area (Å²) in [7, 11) is 2.09. The fourth-order valence-electron chi connectivity index (χ4n) is 0.792. The SMILES string of the molecule is C=C(C)C(=O)OCCC[Si](OC)OC. The van der Waals surface area contributed by atoms with Crippen molar-refractivity contribution in [3.8, 4) is 0 Å². The first-order valence-electron chi connectivity index (χ1n) is 4.38.